The summed E-state index contributed by atoms with van der Waals surface area (Å²) in [5.41, 5.74) is 6.46. The van der Waals surface area contributed by atoms with Gasteiger partial charge in [-0.15, -0.1) is 0 Å². The van der Waals surface area contributed by atoms with Gasteiger partial charge in [0.2, 0.25) is 11.8 Å². The lowest BCUT2D eigenvalue weighted by atomic mass is 10.0. The Morgan fingerprint density at radius 1 is 1.41 bits per heavy atom. The normalized spacial score (nSPS) is 23.1. The molecule has 8 heteroatoms. The molecule has 0 radical (unpaired) electrons. The van der Waals surface area contributed by atoms with Gasteiger partial charge in [-0.25, -0.2) is 0 Å². The van der Waals surface area contributed by atoms with Crippen LogP contribution in [0.2, 0.25) is 0 Å². The Bertz CT molecular complexity index is 724. The molecule has 0 unspecified atom stereocenters. The minimum absolute atomic E-state index is 0.00408. The van der Waals surface area contributed by atoms with Crippen molar-refractivity contribution in [2.45, 2.75) is 51.3 Å². The monoisotopic (exact) mass is 466 g/mol. The molecule has 7 nitrogen and oxygen atoms in total. The van der Waals surface area contributed by atoms with E-state index in [0.29, 0.717) is 12.8 Å². The van der Waals surface area contributed by atoms with Crippen molar-refractivity contribution in [3.8, 4) is 5.75 Å². The van der Waals surface area contributed by atoms with Crippen molar-refractivity contribution < 1.29 is 14.3 Å². The molecule has 0 bridgehead atoms. The molecule has 2 saturated heterocycles. The molecule has 1 aromatic rings. The molecule has 2 heterocycles. The topological polar surface area (TPSA) is 96.7 Å². The zero-order chi connectivity index (χ0) is 20.8. The number of ether oxygens (including phenoxy) is 1. The summed E-state index contributed by atoms with van der Waals surface area (Å²) in [5, 5.41) is 6.39. The van der Waals surface area contributed by atoms with Gasteiger partial charge in [-0.05, 0) is 59.4 Å². The van der Waals surface area contributed by atoms with E-state index in [9.17, 15) is 9.59 Å². The molecule has 0 spiro atoms. The third-order valence-corrected chi connectivity index (χ3v) is 6.26. The van der Waals surface area contributed by atoms with Crippen LogP contribution in [0, 0.1) is 5.92 Å². The molecule has 2 amide bonds. The smallest absolute Gasteiger partial charge is 0.220 e. The molecule has 4 N–H and O–H groups in total. The lowest BCUT2D eigenvalue weighted by Crippen LogP contribution is -2.37. The maximum atomic E-state index is 12.1. The van der Waals surface area contributed by atoms with Crippen molar-refractivity contribution in [1.82, 2.24) is 15.5 Å². The predicted molar refractivity (Wildman–Crippen MR) is 115 cm³/mol. The van der Waals surface area contributed by atoms with Gasteiger partial charge in [-0.3, -0.25) is 14.5 Å². The van der Waals surface area contributed by atoms with Crippen LogP contribution in [-0.4, -0.2) is 55.0 Å². The lowest BCUT2D eigenvalue weighted by Gasteiger charge is -2.18. The number of carbonyl (C=O) groups excluding carboxylic acids is 2. The standard InChI is InChI=1S/C21H31BrN4O3/c1-14(21(23)28)2-5-20(27)25-16-7-9-26(13-16)12-15-3-4-19(18(22)10-15)29-17-6-8-24-11-17/h3-4,10,14,16-17,24H,2,5-9,11-13H2,1H3,(H2,23,28)(H,25,27)/t14-,16-,17+/m0/s1. The second-order valence-electron chi connectivity index (χ2n) is 8.13. The average Bonchev–Trinajstić information content (AvgIpc) is 3.34. The van der Waals surface area contributed by atoms with Crippen LogP contribution < -0.4 is 21.1 Å². The second kappa shape index (κ2) is 10.4. The van der Waals surface area contributed by atoms with Gasteiger partial charge in [-0.2, -0.15) is 0 Å². The quantitative estimate of drug-likeness (QED) is 0.515. The fourth-order valence-electron chi connectivity index (χ4n) is 3.79. The Labute approximate surface area is 180 Å². The van der Waals surface area contributed by atoms with Crippen LogP contribution in [0.1, 0.15) is 38.2 Å². The van der Waals surface area contributed by atoms with Gasteiger partial charge in [0.1, 0.15) is 11.9 Å². The van der Waals surface area contributed by atoms with Gasteiger partial charge >= 0.3 is 0 Å². The summed E-state index contributed by atoms with van der Waals surface area (Å²) in [6.45, 7) is 6.29. The van der Waals surface area contributed by atoms with E-state index in [1.165, 1.54) is 5.56 Å². The number of carbonyl (C=O) groups is 2. The maximum absolute atomic E-state index is 12.1. The molecule has 2 aliphatic heterocycles. The number of hydrogen-bond donors (Lipinski definition) is 3. The molecular weight excluding hydrogens is 436 g/mol. The SMILES string of the molecule is C[C@@H](CCC(=O)N[C@H]1CCN(Cc2ccc(O[C@@H]3CCNC3)c(Br)c2)C1)C(N)=O. The van der Waals surface area contributed by atoms with Crippen molar-refractivity contribution >= 4 is 27.7 Å². The Morgan fingerprint density at radius 2 is 2.24 bits per heavy atom. The van der Waals surface area contributed by atoms with E-state index in [2.05, 4.69) is 43.6 Å². The zero-order valence-electron chi connectivity index (χ0n) is 17.0. The van der Waals surface area contributed by atoms with E-state index >= 15 is 0 Å². The number of rotatable bonds is 9. The summed E-state index contributed by atoms with van der Waals surface area (Å²) in [4.78, 5) is 25.5. The Kier molecular flexibility index (Phi) is 7.91. The summed E-state index contributed by atoms with van der Waals surface area (Å²) in [7, 11) is 0. The summed E-state index contributed by atoms with van der Waals surface area (Å²) < 4.78 is 7.03. The van der Waals surface area contributed by atoms with Crippen LogP contribution in [0.5, 0.6) is 5.75 Å². The minimum Gasteiger partial charge on any atom is -0.488 e. The fourth-order valence-corrected chi connectivity index (χ4v) is 4.31. The molecule has 2 aliphatic rings. The number of nitrogens with zero attached hydrogens (tertiary/aromatic N) is 1. The number of nitrogens with two attached hydrogens (primary N) is 1. The molecule has 0 aliphatic carbocycles. The van der Waals surface area contributed by atoms with Gasteiger partial charge in [0.25, 0.3) is 0 Å². The van der Waals surface area contributed by atoms with Crippen LogP contribution in [-0.2, 0) is 16.1 Å². The molecule has 29 heavy (non-hydrogen) atoms. The fraction of sp³-hybridized carbons (Fsp3) is 0.619. The summed E-state index contributed by atoms with van der Waals surface area (Å²) in [6, 6.07) is 6.42. The highest BCUT2D eigenvalue weighted by atomic mass is 79.9. The van der Waals surface area contributed by atoms with Crippen LogP contribution >= 0.6 is 15.9 Å². The first kappa shape index (κ1) is 22.1. The molecule has 3 atom stereocenters. The van der Waals surface area contributed by atoms with Crippen LogP contribution in [0.3, 0.4) is 0 Å². The van der Waals surface area contributed by atoms with Crippen molar-refractivity contribution in [3.63, 3.8) is 0 Å². The predicted octanol–water partition coefficient (Wildman–Crippen LogP) is 1.78. The first-order valence-electron chi connectivity index (χ1n) is 10.4. The van der Waals surface area contributed by atoms with E-state index in [1.807, 2.05) is 6.07 Å². The molecule has 3 rings (SSSR count). The van der Waals surface area contributed by atoms with Gasteiger partial charge < -0.3 is 21.1 Å². The van der Waals surface area contributed by atoms with Crippen LogP contribution in [0.15, 0.2) is 22.7 Å². The van der Waals surface area contributed by atoms with Crippen LogP contribution in [0.4, 0.5) is 0 Å². The van der Waals surface area contributed by atoms with E-state index in [-0.39, 0.29) is 29.9 Å². The largest absolute Gasteiger partial charge is 0.488 e. The average molecular weight is 467 g/mol. The number of primary amides is 1. The molecule has 2 fully saturated rings. The van der Waals surface area contributed by atoms with E-state index < -0.39 is 0 Å². The Hall–Kier alpha value is -1.64. The minimum atomic E-state index is -0.354. The Morgan fingerprint density at radius 3 is 2.93 bits per heavy atom. The number of amides is 2. The van der Waals surface area contributed by atoms with E-state index in [4.69, 9.17) is 10.5 Å². The van der Waals surface area contributed by atoms with Crippen molar-refractivity contribution in [3.05, 3.63) is 28.2 Å². The van der Waals surface area contributed by atoms with Crippen LogP contribution in [0.25, 0.3) is 0 Å². The van der Waals surface area contributed by atoms with Crippen molar-refractivity contribution in [1.29, 1.82) is 0 Å². The highest BCUT2D eigenvalue weighted by molar-refractivity contribution is 9.10. The van der Waals surface area contributed by atoms with Gasteiger partial charge in [0, 0.05) is 44.6 Å². The number of likely N-dealkylation sites (tertiary alicyclic amines) is 1. The third-order valence-electron chi connectivity index (χ3n) is 5.64. The van der Waals surface area contributed by atoms with Gasteiger partial charge in [-0.1, -0.05) is 13.0 Å². The molecule has 0 saturated carbocycles. The molecule has 0 aromatic heterocycles. The first-order valence-corrected chi connectivity index (χ1v) is 11.2. The highest BCUT2D eigenvalue weighted by Crippen LogP contribution is 2.28. The van der Waals surface area contributed by atoms with Crippen molar-refractivity contribution in [2.75, 3.05) is 26.2 Å². The Balaban J connectivity index is 1.43. The van der Waals surface area contributed by atoms with Crippen molar-refractivity contribution in [2.24, 2.45) is 11.7 Å². The number of benzene rings is 1. The zero-order valence-corrected chi connectivity index (χ0v) is 18.5. The summed E-state index contributed by atoms with van der Waals surface area (Å²) in [6.07, 6.45) is 3.05. The molecular formula is C21H31BrN4O3. The second-order valence-corrected chi connectivity index (χ2v) is 8.98. The summed E-state index contributed by atoms with van der Waals surface area (Å²) >= 11 is 3.63. The van der Waals surface area contributed by atoms with Gasteiger partial charge in [0.05, 0.1) is 4.47 Å². The highest BCUT2D eigenvalue weighted by Gasteiger charge is 2.24. The van der Waals surface area contributed by atoms with E-state index in [0.717, 1.165) is 55.8 Å². The lowest BCUT2D eigenvalue weighted by molar-refractivity contribution is -0.123. The summed E-state index contributed by atoms with van der Waals surface area (Å²) in [5.74, 6) is 0.262. The number of hydrogen-bond acceptors (Lipinski definition) is 5. The van der Waals surface area contributed by atoms with Gasteiger partial charge in [0.15, 0.2) is 0 Å². The number of halogens is 1. The maximum Gasteiger partial charge on any atom is 0.220 e. The third kappa shape index (κ3) is 6.69. The molecule has 1 aromatic carbocycles. The molecule has 160 valence electrons. The first-order chi connectivity index (χ1) is 13.9. The number of nitrogens with one attached hydrogen (secondary N) is 2. The van der Waals surface area contributed by atoms with E-state index in [1.54, 1.807) is 6.92 Å².